The molecule has 0 N–H and O–H groups in total. The van der Waals surface area contributed by atoms with Crippen molar-refractivity contribution in [1.82, 2.24) is 4.90 Å². The van der Waals surface area contributed by atoms with Crippen LogP contribution in [-0.4, -0.2) is 56.5 Å². The molecule has 2 aromatic carbocycles. The van der Waals surface area contributed by atoms with Crippen LogP contribution in [0.2, 0.25) is 5.02 Å². The first-order chi connectivity index (χ1) is 13.8. The Morgan fingerprint density at radius 1 is 1.10 bits per heavy atom. The average Bonchev–Trinajstić information content (AvgIpc) is 3.02. The molecule has 154 valence electrons. The van der Waals surface area contributed by atoms with E-state index in [1.165, 1.54) is 7.11 Å². The highest BCUT2D eigenvalue weighted by Crippen LogP contribution is 2.38. The lowest BCUT2D eigenvalue weighted by Crippen LogP contribution is -2.62. The quantitative estimate of drug-likeness (QED) is 0.740. The molecule has 0 aliphatic carbocycles. The van der Waals surface area contributed by atoms with Gasteiger partial charge in [0.1, 0.15) is 5.75 Å². The molecular formula is C21H23ClN2O4S. The van der Waals surface area contributed by atoms with Gasteiger partial charge in [-0.3, -0.25) is 9.69 Å². The first-order valence-corrected chi connectivity index (χ1v) is 11.7. The summed E-state index contributed by atoms with van der Waals surface area (Å²) in [6.45, 7) is 2.17. The van der Waals surface area contributed by atoms with Crippen molar-refractivity contribution in [2.45, 2.75) is 25.0 Å². The molecule has 2 aliphatic rings. The highest BCUT2D eigenvalue weighted by molar-refractivity contribution is 7.91. The monoisotopic (exact) mass is 434 g/mol. The standard InChI is InChI=1S/C21H23ClN2O4S/c1-14(15-6-4-3-5-7-15)23-11-21(25)24(19-13-29(26,27)12-18(19)23)16-8-9-20(28-2)17(22)10-16/h3-10,14,18-19H,11-13H2,1-2H3/t14-,18+,19-/m1/s1. The minimum atomic E-state index is -3.26. The van der Waals surface area contributed by atoms with Crippen molar-refractivity contribution in [3.63, 3.8) is 0 Å². The van der Waals surface area contributed by atoms with Gasteiger partial charge in [0.25, 0.3) is 0 Å². The van der Waals surface area contributed by atoms with Crippen molar-refractivity contribution in [3.05, 3.63) is 59.1 Å². The van der Waals surface area contributed by atoms with Gasteiger partial charge in [-0.2, -0.15) is 0 Å². The molecule has 0 spiro atoms. The van der Waals surface area contributed by atoms with Crippen LogP contribution in [0.5, 0.6) is 5.75 Å². The number of methoxy groups -OCH3 is 1. The summed E-state index contributed by atoms with van der Waals surface area (Å²) in [5.74, 6) is 0.371. The number of amides is 1. The van der Waals surface area contributed by atoms with Crippen LogP contribution < -0.4 is 9.64 Å². The SMILES string of the molecule is COc1ccc(N2C(=O)CN([C@H](C)c3ccccc3)[C@H]3CS(=O)(=O)C[C@H]32)cc1Cl. The number of carbonyl (C=O) groups is 1. The molecule has 8 heteroatoms. The molecule has 1 amide bonds. The third-order valence-electron chi connectivity index (χ3n) is 5.83. The topological polar surface area (TPSA) is 66.9 Å². The van der Waals surface area contributed by atoms with E-state index in [0.717, 1.165) is 5.56 Å². The minimum absolute atomic E-state index is 0.0442. The number of halogens is 1. The molecule has 3 atom stereocenters. The van der Waals surface area contributed by atoms with Gasteiger partial charge < -0.3 is 9.64 Å². The molecule has 6 nitrogen and oxygen atoms in total. The van der Waals surface area contributed by atoms with E-state index < -0.39 is 15.9 Å². The van der Waals surface area contributed by atoms with E-state index in [1.54, 1.807) is 23.1 Å². The van der Waals surface area contributed by atoms with Crippen molar-refractivity contribution in [2.75, 3.05) is 30.1 Å². The fourth-order valence-corrected chi connectivity index (χ4v) is 6.61. The normalized spacial score (nSPS) is 24.9. The van der Waals surface area contributed by atoms with E-state index in [9.17, 15) is 13.2 Å². The number of sulfone groups is 1. The number of hydrogen-bond donors (Lipinski definition) is 0. The zero-order valence-electron chi connectivity index (χ0n) is 16.3. The van der Waals surface area contributed by atoms with E-state index in [4.69, 9.17) is 16.3 Å². The van der Waals surface area contributed by atoms with E-state index in [1.807, 2.05) is 42.2 Å². The Kier molecular flexibility index (Phi) is 5.31. The van der Waals surface area contributed by atoms with Gasteiger partial charge in [0.15, 0.2) is 9.84 Å². The molecule has 2 heterocycles. The molecule has 4 rings (SSSR count). The number of carbonyl (C=O) groups excluding carboxylic acids is 1. The maximum absolute atomic E-state index is 13.2. The molecule has 0 unspecified atom stereocenters. The van der Waals surface area contributed by atoms with Gasteiger partial charge in [-0.25, -0.2) is 8.42 Å². The number of piperazine rings is 1. The van der Waals surface area contributed by atoms with Crippen molar-refractivity contribution >= 4 is 33.0 Å². The molecule has 2 aliphatic heterocycles. The Bertz CT molecular complexity index is 1030. The van der Waals surface area contributed by atoms with Crippen LogP contribution in [0.25, 0.3) is 0 Å². The van der Waals surface area contributed by atoms with Crippen molar-refractivity contribution < 1.29 is 17.9 Å². The zero-order valence-corrected chi connectivity index (χ0v) is 17.9. The number of nitrogens with zero attached hydrogens (tertiary/aromatic N) is 2. The predicted molar refractivity (Wildman–Crippen MR) is 113 cm³/mol. The van der Waals surface area contributed by atoms with Crippen molar-refractivity contribution in [2.24, 2.45) is 0 Å². The third kappa shape index (κ3) is 3.74. The van der Waals surface area contributed by atoms with Crippen LogP contribution in [0.15, 0.2) is 48.5 Å². The molecule has 2 fully saturated rings. The smallest absolute Gasteiger partial charge is 0.241 e. The molecule has 2 saturated heterocycles. The van der Waals surface area contributed by atoms with Gasteiger partial charge in [-0.1, -0.05) is 41.9 Å². The number of anilines is 1. The van der Waals surface area contributed by atoms with Crippen LogP contribution in [0.1, 0.15) is 18.5 Å². The summed E-state index contributed by atoms with van der Waals surface area (Å²) in [5.41, 5.74) is 1.66. The summed E-state index contributed by atoms with van der Waals surface area (Å²) in [6.07, 6.45) is 0. The van der Waals surface area contributed by atoms with Gasteiger partial charge >= 0.3 is 0 Å². The largest absolute Gasteiger partial charge is 0.495 e. The first kappa shape index (κ1) is 20.2. The Hall–Kier alpha value is -2.09. The average molecular weight is 435 g/mol. The van der Waals surface area contributed by atoms with Gasteiger partial charge in [0.05, 0.1) is 36.2 Å². The fourth-order valence-electron chi connectivity index (χ4n) is 4.40. The van der Waals surface area contributed by atoms with Crippen LogP contribution >= 0.6 is 11.6 Å². The molecule has 29 heavy (non-hydrogen) atoms. The van der Waals surface area contributed by atoms with Gasteiger partial charge in [0, 0.05) is 17.8 Å². The van der Waals surface area contributed by atoms with Crippen LogP contribution in [-0.2, 0) is 14.6 Å². The number of fused-ring (bicyclic) bond motifs is 1. The minimum Gasteiger partial charge on any atom is -0.495 e. The van der Waals surface area contributed by atoms with Gasteiger partial charge in [-0.05, 0) is 30.7 Å². The summed E-state index contributed by atoms with van der Waals surface area (Å²) in [7, 11) is -1.73. The number of benzene rings is 2. The highest BCUT2D eigenvalue weighted by Gasteiger charge is 2.51. The molecule has 0 radical (unpaired) electrons. The van der Waals surface area contributed by atoms with E-state index in [0.29, 0.717) is 16.5 Å². The lowest BCUT2D eigenvalue weighted by Gasteiger charge is -2.46. The summed E-state index contributed by atoms with van der Waals surface area (Å²) >= 11 is 6.26. The summed E-state index contributed by atoms with van der Waals surface area (Å²) in [4.78, 5) is 16.8. The molecular weight excluding hydrogens is 412 g/mol. The van der Waals surface area contributed by atoms with Gasteiger partial charge in [0.2, 0.25) is 5.91 Å². The number of hydrogen-bond acceptors (Lipinski definition) is 5. The highest BCUT2D eigenvalue weighted by atomic mass is 35.5. The van der Waals surface area contributed by atoms with Crippen molar-refractivity contribution in [1.29, 1.82) is 0 Å². The summed E-state index contributed by atoms with van der Waals surface area (Å²) in [6, 6.07) is 14.2. The Balaban J connectivity index is 1.71. The Morgan fingerprint density at radius 2 is 1.79 bits per heavy atom. The lowest BCUT2D eigenvalue weighted by atomic mass is 9.98. The second-order valence-electron chi connectivity index (χ2n) is 7.55. The molecule has 0 saturated carbocycles. The molecule has 0 aromatic heterocycles. The van der Waals surface area contributed by atoms with E-state index >= 15 is 0 Å². The first-order valence-electron chi connectivity index (χ1n) is 9.47. The Labute approximate surface area is 175 Å². The maximum atomic E-state index is 13.2. The summed E-state index contributed by atoms with van der Waals surface area (Å²) < 4.78 is 30.3. The van der Waals surface area contributed by atoms with Gasteiger partial charge in [-0.15, -0.1) is 0 Å². The Morgan fingerprint density at radius 3 is 2.45 bits per heavy atom. The molecule has 2 aromatic rings. The fraction of sp³-hybridized carbons (Fsp3) is 0.381. The van der Waals surface area contributed by atoms with E-state index in [-0.39, 0.29) is 36.0 Å². The van der Waals surface area contributed by atoms with Crippen molar-refractivity contribution in [3.8, 4) is 5.75 Å². The zero-order chi connectivity index (χ0) is 20.8. The summed E-state index contributed by atoms with van der Waals surface area (Å²) in [5, 5.41) is 0.385. The van der Waals surface area contributed by atoms with Crippen LogP contribution in [0.4, 0.5) is 5.69 Å². The molecule has 0 bridgehead atoms. The van der Waals surface area contributed by atoms with Crippen LogP contribution in [0.3, 0.4) is 0 Å². The lowest BCUT2D eigenvalue weighted by molar-refractivity contribution is -0.124. The predicted octanol–water partition coefficient (Wildman–Crippen LogP) is 2.92. The van der Waals surface area contributed by atoms with E-state index in [2.05, 4.69) is 0 Å². The second-order valence-corrected chi connectivity index (χ2v) is 10.1. The van der Waals surface area contributed by atoms with Crippen LogP contribution in [0, 0.1) is 0 Å². The second kappa shape index (κ2) is 7.63. The maximum Gasteiger partial charge on any atom is 0.241 e. The number of rotatable bonds is 4. The third-order valence-corrected chi connectivity index (χ3v) is 7.82. The number of ether oxygens (including phenoxy) is 1.